The smallest absolute Gasteiger partial charge is 0.373 e. The zero-order chi connectivity index (χ0) is 17.5. The molecule has 1 N–H and O–H groups in total. The molecule has 128 valence electrons. The minimum Gasteiger partial charge on any atom is -0.463 e. The van der Waals surface area contributed by atoms with Crippen LogP contribution in [0.3, 0.4) is 0 Å². The number of nitrogens with one attached hydrogen (secondary N) is 1. The monoisotopic (exact) mass is 351 g/mol. The number of methoxy groups -OCH3 is 1. The number of amides is 1. The van der Waals surface area contributed by atoms with Crippen LogP contribution in [0.5, 0.6) is 0 Å². The molecule has 0 saturated carbocycles. The molecule has 1 amide bonds. The third-order valence-electron chi connectivity index (χ3n) is 3.06. The van der Waals surface area contributed by atoms with Crippen molar-refractivity contribution in [2.75, 3.05) is 7.11 Å². The van der Waals surface area contributed by atoms with Crippen LogP contribution >= 0.6 is 11.3 Å². The maximum atomic E-state index is 12.0. The van der Waals surface area contributed by atoms with Crippen LogP contribution in [0.1, 0.15) is 40.6 Å². The van der Waals surface area contributed by atoms with Gasteiger partial charge >= 0.3 is 11.9 Å². The van der Waals surface area contributed by atoms with Gasteiger partial charge in [-0.2, -0.15) is 0 Å². The lowest BCUT2D eigenvalue weighted by molar-refractivity contribution is -0.146. The molecule has 2 aromatic heterocycles. The molecule has 1 atom stereocenters. The number of rotatable bonds is 7. The number of hydrogen-bond acceptors (Lipinski definition) is 7. The van der Waals surface area contributed by atoms with Crippen molar-refractivity contribution in [1.82, 2.24) is 5.32 Å². The first kappa shape index (κ1) is 17.7. The Morgan fingerprint density at radius 2 is 2.08 bits per heavy atom. The van der Waals surface area contributed by atoms with Crippen LogP contribution in [0.4, 0.5) is 0 Å². The van der Waals surface area contributed by atoms with Crippen molar-refractivity contribution in [3.05, 3.63) is 46.0 Å². The zero-order valence-corrected chi connectivity index (χ0v) is 14.1. The van der Waals surface area contributed by atoms with E-state index in [9.17, 15) is 14.4 Å². The minimum atomic E-state index is -0.601. The van der Waals surface area contributed by atoms with Crippen LogP contribution < -0.4 is 5.32 Å². The molecule has 0 radical (unpaired) electrons. The fraction of sp³-hybridized carbons (Fsp3) is 0.312. The molecule has 1 unspecified atom stereocenters. The molecule has 24 heavy (non-hydrogen) atoms. The van der Waals surface area contributed by atoms with Gasteiger partial charge < -0.3 is 19.2 Å². The third-order valence-corrected chi connectivity index (χ3v) is 4.04. The summed E-state index contributed by atoms with van der Waals surface area (Å²) in [5.41, 5.74) is 0. The van der Waals surface area contributed by atoms with Gasteiger partial charge in [0.1, 0.15) is 12.4 Å². The number of ether oxygens (including phenoxy) is 2. The molecular formula is C16H17NO6S. The summed E-state index contributed by atoms with van der Waals surface area (Å²) in [6.07, 6.45) is 0.00462. The van der Waals surface area contributed by atoms with Crippen molar-refractivity contribution in [1.29, 1.82) is 0 Å². The Balaban J connectivity index is 1.90. The lowest BCUT2D eigenvalue weighted by atomic mass is 10.1. The minimum absolute atomic E-state index is 0.00462. The highest BCUT2D eigenvalue weighted by atomic mass is 32.1. The Morgan fingerprint density at radius 1 is 1.29 bits per heavy atom. The van der Waals surface area contributed by atoms with Gasteiger partial charge in [-0.05, 0) is 23.6 Å². The molecule has 7 nitrogen and oxygen atoms in total. The predicted molar refractivity (Wildman–Crippen MR) is 85.3 cm³/mol. The number of thiophene rings is 1. The quantitative estimate of drug-likeness (QED) is 0.770. The SMILES string of the molecule is COC(=O)c1ccc(COC(=O)CC(NC(C)=O)c2cccs2)o1. The topological polar surface area (TPSA) is 94.8 Å². The molecule has 0 aliphatic carbocycles. The van der Waals surface area contributed by atoms with Crippen LogP contribution in [0.2, 0.25) is 0 Å². The molecule has 2 aromatic rings. The second kappa shape index (κ2) is 8.30. The summed E-state index contributed by atoms with van der Waals surface area (Å²) in [6.45, 7) is 1.29. The maximum absolute atomic E-state index is 12.0. The van der Waals surface area contributed by atoms with Crippen molar-refractivity contribution in [3.63, 3.8) is 0 Å². The Bertz CT molecular complexity index is 706. The standard InChI is InChI=1S/C16H17NO6S/c1-10(18)17-12(14-4-3-7-24-14)8-15(19)22-9-11-5-6-13(23-11)16(20)21-2/h3-7,12H,8-9H2,1-2H3,(H,17,18). The van der Waals surface area contributed by atoms with E-state index >= 15 is 0 Å². The van der Waals surface area contributed by atoms with Gasteiger partial charge in [-0.1, -0.05) is 6.07 Å². The first-order chi connectivity index (χ1) is 11.5. The molecule has 8 heteroatoms. The number of carbonyl (C=O) groups excluding carboxylic acids is 3. The van der Waals surface area contributed by atoms with E-state index in [1.54, 1.807) is 0 Å². The van der Waals surface area contributed by atoms with Gasteiger partial charge in [-0.3, -0.25) is 9.59 Å². The highest BCUT2D eigenvalue weighted by Gasteiger charge is 2.19. The van der Waals surface area contributed by atoms with Crippen molar-refractivity contribution < 1.29 is 28.3 Å². The number of esters is 2. The largest absolute Gasteiger partial charge is 0.463 e. The normalized spacial score (nSPS) is 11.6. The summed E-state index contributed by atoms with van der Waals surface area (Å²) in [7, 11) is 1.25. The second-order valence-corrected chi connectivity index (χ2v) is 5.87. The number of furan rings is 1. The van der Waals surface area contributed by atoms with Gasteiger partial charge in [0.25, 0.3) is 0 Å². The zero-order valence-electron chi connectivity index (χ0n) is 13.2. The second-order valence-electron chi connectivity index (χ2n) is 4.89. The number of hydrogen-bond donors (Lipinski definition) is 1. The van der Waals surface area contributed by atoms with Gasteiger partial charge in [0.2, 0.25) is 11.7 Å². The lowest BCUT2D eigenvalue weighted by Gasteiger charge is -2.15. The van der Waals surface area contributed by atoms with E-state index < -0.39 is 18.0 Å². The number of carbonyl (C=O) groups is 3. The van der Waals surface area contributed by atoms with Crippen molar-refractivity contribution >= 4 is 29.2 Å². The van der Waals surface area contributed by atoms with Crippen LogP contribution in [0.15, 0.2) is 34.1 Å². The summed E-state index contributed by atoms with van der Waals surface area (Å²) in [5, 5.41) is 4.59. The lowest BCUT2D eigenvalue weighted by Crippen LogP contribution is -2.27. The van der Waals surface area contributed by atoms with E-state index in [1.165, 1.54) is 37.5 Å². The third kappa shape index (κ3) is 4.95. The fourth-order valence-corrected chi connectivity index (χ4v) is 2.78. The van der Waals surface area contributed by atoms with E-state index in [4.69, 9.17) is 9.15 Å². The Kier molecular flexibility index (Phi) is 6.14. The summed E-state index contributed by atoms with van der Waals surface area (Å²) >= 11 is 1.45. The van der Waals surface area contributed by atoms with Crippen molar-refractivity contribution in [2.45, 2.75) is 26.0 Å². The first-order valence-corrected chi connectivity index (χ1v) is 8.00. The average Bonchev–Trinajstić information content (AvgIpc) is 3.22. The van der Waals surface area contributed by atoms with Crippen LogP contribution in [0, 0.1) is 0 Å². The van der Waals surface area contributed by atoms with Crippen LogP contribution in [-0.4, -0.2) is 25.0 Å². The van der Waals surface area contributed by atoms with Gasteiger partial charge in [-0.15, -0.1) is 11.3 Å². The summed E-state index contributed by atoms with van der Waals surface area (Å²) < 4.78 is 14.9. The van der Waals surface area contributed by atoms with Crippen LogP contribution in [0.25, 0.3) is 0 Å². The summed E-state index contributed by atoms with van der Waals surface area (Å²) in [6, 6.07) is 6.23. The van der Waals surface area contributed by atoms with E-state index in [0.717, 1.165) is 4.88 Å². The predicted octanol–water partition coefficient (Wildman–Crippen LogP) is 2.44. The highest BCUT2D eigenvalue weighted by molar-refractivity contribution is 7.10. The van der Waals surface area contributed by atoms with Gasteiger partial charge in [0, 0.05) is 11.8 Å². The first-order valence-electron chi connectivity index (χ1n) is 7.12. The molecule has 2 rings (SSSR count). The molecule has 0 aliphatic heterocycles. The fourth-order valence-electron chi connectivity index (χ4n) is 2.00. The Morgan fingerprint density at radius 3 is 2.71 bits per heavy atom. The van der Waals surface area contributed by atoms with Gasteiger partial charge in [0.05, 0.1) is 19.6 Å². The van der Waals surface area contributed by atoms with E-state index in [0.29, 0.717) is 5.76 Å². The molecule has 0 saturated heterocycles. The summed E-state index contributed by atoms with van der Waals surface area (Å²) in [5.74, 6) is -0.946. The summed E-state index contributed by atoms with van der Waals surface area (Å²) in [4.78, 5) is 35.4. The molecule has 0 spiro atoms. The maximum Gasteiger partial charge on any atom is 0.373 e. The van der Waals surface area contributed by atoms with Crippen LogP contribution in [-0.2, 0) is 25.7 Å². The van der Waals surface area contributed by atoms with Crippen molar-refractivity contribution in [3.8, 4) is 0 Å². The highest BCUT2D eigenvalue weighted by Crippen LogP contribution is 2.22. The van der Waals surface area contributed by atoms with E-state index in [1.807, 2.05) is 17.5 Å². The van der Waals surface area contributed by atoms with Gasteiger partial charge in [-0.25, -0.2) is 4.79 Å². The molecule has 0 aliphatic rings. The molecule has 0 bridgehead atoms. The Hall–Kier alpha value is -2.61. The molecule has 0 fully saturated rings. The Labute approximate surface area is 142 Å². The molecular weight excluding hydrogens is 334 g/mol. The average molecular weight is 351 g/mol. The molecule has 2 heterocycles. The van der Waals surface area contributed by atoms with Gasteiger partial charge in [0.15, 0.2) is 0 Å². The van der Waals surface area contributed by atoms with Crippen molar-refractivity contribution in [2.24, 2.45) is 0 Å². The molecule has 0 aromatic carbocycles. The van der Waals surface area contributed by atoms with E-state index in [2.05, 4.69) is 10.1 Å². The van der Waals surface area contributed by atoms with E-state index in [-0.39, 0.29) is 24.7 Å².